The molecule has 0 aromatic heterocycles. The van der Waals surface area contributed by atoms with Gasteiger partial charge in [-0.2, -0.15) is 0 Å². The Morgan fingerprint density at radius 3 is 2.62 bits per heavy atom. The average molecular weight is 434 g/mol. The zero-order valence-corrected chi connectivity index (χ0v) is 19.5. The third kappa shape index (κ3) is 3.63. The summed E-state index contributed by atoms with van der Waals surface area (Å²) in [6.45, 7) is 3.80. The molecule has 5 rings (SSSR count). The summed E-state index contributed by atoms with van der Waals surface area (Å²) in [4.78, 5) is 15.2. The van der Waals surface area contributed by atoms with Crippen molar-refractivity contribution < 1.29 is 14.6 Å². The normalized spacial score (nSPS) is 31.2. The van der Waals surface area contributed by atoms with Crippen LogP contribution in [0, 0.1) is 17.3 Å². The van der Waals surface area contributed by atoms with E-state index in [2.05, 4.69) is 42.2 Å². The molecule has 5 atom stereocenters. The lowest BCUT2D eigenvalue weighted by Crippen LogP contribution is -2.45. The SMILES string of the molecule is CN(C)CCOc1ccc(C2C[C@]3(C)C(=O)CCC3C3CCc4cc(O)ccc4C23)cc1. The predicted molar refractivity (Wildman–Crippen MR) is 126 cm³/mol. The molecule has 1 N–H and O–H groups in total. The molecular weight excluding hydrogens is 398 g/mol. The highest BCUT2D eigenvalue weighted by molar-refractivity contribution is 5.87. The van der Waals surface area contributed by atoms with Gasteiger partial charge >= 0.3 is 0 Å². The van der Waals surface area contributed by atoms with Crippen LogP contribution >= 0.6 is 0 Å². The number of fused-ring (bicyclic) bond motifs is 5. The number of phenols is 1. The summed E-state index contributed by atoms with van der Waals surface area (Å²) in [6, 6.07) is 14.5. The number of hydrogen-bond donors (Lipinski definition) is 1. The molecule has 4 heteroatoms. The lowest BCUT2D eigenvalue weighted by atomic mass is 9.51. The monoisotopic (exact) mass is 433 g/mol. The summed E-state index contributed by atoms with van der Waals surface area (Å²) in [5.41, 5.74) is 3.77. The van der Waals surface area contributed by atoms with Gasteiger partial charge in [0, 0.05) is 18.4 Å². The van der Waals surface area contributed by atoms with Crippen molar-refractivity contribution in [3.63, 3.8) is 0 Å². The number of aromatic hydroxyl groups is 1. The Bertz CT molecular complexity index is 998. The van der Waals surface area contributed by atoms with Gasteiger partial charge in [0.25, 0.3) is 0 Å². The molecule has 0 aliphatic heterocycles. The third-order valence-electron chi connectivity index (χ3n) is 8.54. The number of nitrogens with zero attached hydrogens (tertiary/aromatic N) is 1. The van der Waals surface area contributed by atoms with E-state index in [0.717, 1.165) is 44.4 Å². The minimum atomic E-state index is -0.207. The van der Waals surface area contributed by atoms with Crippen LogP contribution in [0.2, 0.25) is 0 Å². The number of ether oxygens (including phenoxy) is 1. The van der Waals surface area contributed by atoms with E-state index in [-0.39, 0.29) is 5.41 Å². The van der Waals surface area contributed by atoms with E-state index in [4.69, 9.17) is 4.74 Å². The van der Waals surface area contributed by atoms with Crippen molar-refractivity contribution in [3.8, 4) is 11.5 Å². The maximum absolute atomic E-state index is 13.0. The first-order valence-corrected chi connectivity index (χ1v) is 12.1. The lowest BCUT2D eigenvalue weighted by molar-refractivity contribution is -0.130. The highest BCUT2D eigenvalue weighted by Gasteiger charge is 2.57. The second-order valence-corrected chi connectivity index (χ2v) is 10.6. The van der Waals surface area contributed by atoms with E-state index in [1.165, 1.54) is 16.7 Å². The summed E-state index contributed by atoms with van der Waals surface area (Å²) in [5.74, 6) is 3.44. The molecule has 3 aliphatic rings. The van der Waals surface area contributed by atoms with E-state index in [9.17, 15) is 9.90 Å². The summed E-state index contributed by atoms with van der Waals surface area (Å²) in [5, 5.41) is 10.1. The molecule has 32 heavy (non-hydrogen) atoms. The topological polar surface area (TPSA) is 49.8 Å². The van der Waals surface area contributed by atoms with Crippen LogP contribution in [0.3, 0.4) is 0 Å². The Balaban J connectivity index is 1.49. The molecule has 170 valence electrons. The van der Waals surface area contributed by atoms with Crippen LogP contribution in [-0.4, -0.2) is 43.0 Å². The Morgan fingerprint density at radius 1 is 1.09 bits per heavy atom. The molecule has 2 fully saturated rings. The highest BCUT2D eigenvalue weighted by Crippen LogP contribution is 2.64. The number of benzene rings is 2. The van der Waals surface area contributed by atoms with Crippen molar-refractivity contribution in [2.75, 3.05) is 27.2 Å². The van der Waals surface area contributed by atoms with E-state index in [1.807, 2.05) is 26.2 Å². The average Bonchev–Trinajstić information content (AvgIpc) is 3.07. The van der Waals surface area contributed by atoms with Gasteiger partial charge in [-0.25, -0.2) is 0 Å². The van der Waals surface area contributed by atoms with E-state index in [0.29, 0.717) is 41.8 Å². The molecule has 3 aliphatic carbocycles. The predicted octanol–water partition coefficient (Wildman–Crippen LogP) is 5.15. The number of phenolic OH excluding ortho intramolecular Hbond substituents is 1. The largest absolute Gasteiger partial charge is 0.508 e. The standard InChI is InChI=1S/C28H35NO3/c1-28-17-24(18-4-8-21(9-5-18)32-15-14-29(2)3)27-22-11-7-20(30)16-19(22)6-10-23(27)25(28)12-13-26(28)31/h4-5,7-9,11,16,23-25,27,30H,6,10,12-15,17H2,1-3H3/t23?,24?,25?,27?,28-/m0/s1. The van der Waals surface area contributed by atoms with Crippen molar-refractivity contribution in [3.05, 3.63) is 59.2 Å². The van der Waals surface area contributed by atoms with Gasteiger partial charge < -0.3 is 14.7 Å². The fraction of sp³-hybridized carbons (Fsp3) is 0.536. The molecule has 0 amide bonds. The summed E-state index contributed by atoms with van der Waals surface area (Å²) in [6.07, 6.45) is 4.79. The quantitative estimate of drug-likeness (QED) is 0.708. The minimum Gasteiger partial charge on any atom is -0.508 e. The van der Waals surface area contributed by atoms with E-state index < -0.39 is 0 Å². The molecule has 0 bridgehead atoms. The van der Waals surface area contributed by atoms with Crippen LogP contribution in [-0.2, 0) is 11.2 Å². The van der Waals surface area contributed by atoms with E-state index in [1.54, 1.807) is 0 Å². The Labute approximate surface area is 191 Å². The smallest absolute Gasteiger partial charge is 0.139 e. The van der Waals surface area contributed by atoms with Crippen LogP contribution in [0.1, 0.15) is 61.1 Å². The van der Waals surface area contributed by atoms with E-state index >= 15 is 0 Å². The number of ketones is 1. The van der Waals surface area contributed by atoms with Gasteiger partial charge in [0.2, 0.25) is 0 Å². The van der Waals surface area contributed by atoms with Gasteiger partial charge in [-0.1, -0.05) is 25.1 Å². The number of Topliss-reactive ketones (excluding diaryl/α,β-unsaturated/α-hetero) is 1. The highest BCUT2D eigenvalue weighted by atomic mass is 16.5. The van der Waals surface area contributed by atoms with Gasteiger partial charge in [-0.05, 0) is 104 Å². The maximum atomic E-state index is 13.0. The first-order valence-electron chi connectivity index (χ1n) is 12.1. The number of carbonyl (C=O) groups is 1. The zero-order valence-electron chi connectivity index (χ0n) is 19.5. The van der Waals surface area contributed by atoms with Crippen LogP contribution in [0.15, 0.2) is 42.5 Å². The third-order valence-corrected chi connectivity index (χ3v) is 8.54. The van der Waals surface area contributed by atoms with Crippen molar-refractivity contribution in [2.24, 2.45) is 17.3 Å². The van der Waals surface area contributed by atoms with Gasteiger partial charge in [-0.3, -0.25) is 4.79 Å². The first-order chi connectivity index (χ1) is 15.4. The molecule has 4 nitrogen and oxygen atoms in total. The zero-order chi connectivity index (χ0) is 22.5. The molecule has 2 aromatic carbocycles. The fourth-order valence-electron chi connectivity index (χ4n) is 6.95. The molecule has 0 radical (unpaired) electrons. The number of hydrogen-bond acceptors (Lipinski definition) is 4. The minimum absolute atomic E-state index is 0.207. The Morgan fingerprint density at radius 2 is 1.88 bits per heavy atom. The lowest BCUT2D eigenvalue weighted by Gasteiger charge is -2.52. The van der Waals surface area contributed by atoms with Crippen molar-refractivity contribution >= 4 is 5.78 Å². The molecule has 2 saturated carbocycles. The second kappa shape index (κ2) is 8.22. The van der Waals surface area contributed by atoms with Crippen LogP contribution in [0.4, 0.5) is 0 Å². The molecular formula is C28H35NO3. The summed E-state index contributed by atoms with van der Waals surface area (Å²) < 4.78 is 5.92. The first kappa shape index (κ1) is 21.5. The van der Waals surface area contributed by atoms with Crippen LogP contribution < -0.4 is 4.74 Å². The molecule has 0 heterocycles. The van der Waals surface area contributed by atoms with Gasteiger partial charge in [0.1, 0.15) is 23.9 Å². The second-order valence-electron chi connectivity index (χ2n) is 10.6. The number of likely N-dealkylation sites (N-methyl/N-ethyl adjacent to an activating group) is 1. The number of carbonyl (C=O) groups excluding carboxylic acids is 1. The maximum Gasteiger partial charge on any atom is 0.139 e. The van der Waals surface area contributed by atoms with Gasteiger partial charge in [-0.15, -0.1) is 0 Å². The van der Waals surface area contributed by atoms with Crippen molar-refractivity contribution in [2.45, 2.75) is 50.9 Å². The van der Waals surface area contributed by atoms with Crippen molar-refractivity contribution in [1.29, 1.82) is 0 Å². The van der Waals surface area contributed by atoms with Gasteiger partial charge in [0.15, 0.2) is 0 Å². The Kier molecular flexibility index (Phi) is 5.53. The van der Waals surface area contributed by atoms with Crippen LogP contribution in [0.25, 0.3) is 0 Å². The molecule has 4 unspecified atom stereocenters. The van der Waals surface area contributed by atoms with Gasteiger partial charge in [0.05, 0.1) is 0 Å². The molecule has 0 saturated heterocycles. The molecule has 0 spiro atoms. The Hall–Kier alpha value is -2.33. The van der Waals surface area contributed by atoms with Crippen molar-refractivity contribution in [1.82, 2.24) is 4.90 Å². The summed E-state index contributed by atoms with van der Waals surface area (Å²) >= 11 is 0. The number of aryl methyl sites for hydroxylation is 1. The fourth-order valence-corrected chi connectivity index (χ4v) is 6.95. The molecule has 2 aromatic rings. The number of rotatable bonds is 5. The van der Waals surface area contributed by atoms with Crippen LogP contribution in [0.5, 0.6) is 11.5 Å². The summed E-state index contributed by atoms with van der Waals surface area (Å²) in [7, 11) is 4.09.